The van der Waals surface area contributed by atoms with Crippen LogP contribution in [0.5, 0.6) is 0 Å². The number of rotatable bonds is 2. The zero-order valence-corrected chi connectivity index (χ0v) is 18.4. The Morgan fingerprint density at radius 3 is 1.27 bits per heavy atom. The normalized spacial score (nSPS) is 10.5. The van der Waals surface area contributed by atoms with Crippen LogP contribution in [-0.2, 0) is 13.7 Å². The SMILES string of the molecule is CCC(C)(C)[N]=[Ta]([Cl])([Cl])[Cl].c1ccncc1.c1ccncc1. The zero-order chi connectivity index (χ0) is 16.9. The van der Waals surface area contributed by atoms with E-state index in [0.29, 0.717) is 0 Å². The van der Waals surface area contributed by atoms with Crippen molar-refractivity contribution >= 4 is 27.6 Å². The Labute approximate surface area is 147 Å². The van der Waals surface area contributed by atoms with Crippen LogP contribution in [0.15, 0.2) is 64.5 Å². The third-order valence-corrected chi connectivity index (χ3v) is 7.00. The molecule has 122 valence electrons. The number of hydrogen-bond donors (Lipinski definition) is 0. The smallest absolute Gasteiger partial charge is 0.0267 e. The van der Waals surface area contributed by atoms with Gasteiger partial charge in [0.2, 0.25) is 0 Å². The molecule has 0 bridgehead atoms. The van der Waals surface area contributed by atoms with Crippen LogP contribution in [0.4, 0.5) is 0 Å². The molecule has 0 aliphatic carbocycles. The van der Waals surface area contributed by atoms with Crippen LogP contribution in [0.2, 0.25) is 0 Å². The zero-order valence-electron chi connectivity index (χ0n) is 12.9. The van der Waals surface area contributed by atoms with Crippen LogP contribution in [0.3, 0.4) is 0 Å². The van der Waals surface area contributed by atoms with Crippen molar-refractivity contribution in [2.24, 2.45) is 3.34 Å². The molecule has 0 fully saturated rings. The fourth-order valence-corrected chi connectivity index (χ4v) is 8.74. The van der Waals surface area contributed by atoms with Crippen LogP contribution in [0, 0.1) is 0 Å². The van der Waals surface area contributed by atoms with E-state index in [4.69, 9.17) is 27.6 Å². The van der Waals surface area contributed by atoms with Crippen molar-refractivity contribution in [2.75, 3.05) is 0 Å². The molecule has 0 atom stereocenters. The van der Waals surface area contributed by atoms with E-state index in [1.54, 1.807) is 24.8 Å². The fourth-order valence-electron chi connectivity index (χ4n) is 1.00. The van der Waals surface area contributed by atoms with Gasteiger partial charge in [0, 0.05) is 24.8 Å². The summed E-state index contributed by atoms with van der Waals surface area (Å²) in [6, 6.07) is 11.4. The first-order chi connectivity index (χ1) is 10.3. The maximum absolute atomic E-state index is 5.68. The van der Waals surface area contributed by atoms with E-state index in [2.05, 4.69) is 13.3 Å². The first-order valence-corrected chi connectivity index (χ1v) is 20.1. The summed E-state index contributed by atoms with van der Waals surface area (Å²) < 4.78 is 4.17. The standard InChI is InChI=1S/2C5H5N.C5H11N.3ClH.Ta/c2*1-2-4-6-5-3-1;1-4-5(2,3)6;;;;/h2*1-5H;4H2,1-3H3;3*1H;/q;;;;;;+3/p-3. The monoisotopic (exact) mass is 529 g/mol. The second-order valence-corrected chi connectivity index (χ2v) is 24.7. The molecule has 3 nitrogen and oxygen atoms in total. The molecule has 0 unspecified atom stereocenters. The van der Waals surface area contributed by atoms with Crippen LogP contribution >= 0.6 is 27.6 Å². The maximum Gasteiger partial charge on any atom is 0.0267 e. The Balaban J connectivity index is 0.000000315. The van der Waals surface area contributed by atoms with E-state index < -0.39 is 13.7 Å². The van der Waals surface area contributed by atoms with Crippen LogP contribution in [0.25, 0.3) is 0 Å². The van der Waals surface area contributed by atoms with Crippen LogP contribution < -0.4 is 0 Å². The fraction of sp³-hybridized carbons (Fsp3) is 0.333. The average molecular weight is 531 g/mol. The van der Waals surface area contributed by atoms with Crippen molar-refractivity contribution in [1.82, 2.24) is 9.97 Å². The third kappa shape index (κ3) is 16.1. The second kappa shape index (κ2) is 12.2. The van der Waals surface area contributed by atoms with Crippen molar-refractivity contribution in [1.29, 1.82) is 0 Å². The minimum Gasteiger partial charge on any atom is -0.265 e. The summed E-state index contributed by atoms with van der Waals surface area (Å²) in [6.45, 7) is 5.99. The van der Waals surface area contributed by atoms with Gasteiger partial charge in [-0.15, -0.1) is 0 Å². The molecule has 0 N–H and O–H groups in total. The Kier molecular flexibility index (Phi) is 12.0. The minimum absolute atomic E-state index is 0.149. The van der Waals surface area contributed by atoms with E-state index in [-0.39, 0.29) is 5.54 Å². The van der Waals surface area contributed by atoms with Crippen molar-refractivity contribution < 1.29 is 13.7 Å². The van der Waals surface area contributed by atoms with Gasteiger partial charge >= 0.3 is 77.3 Å². The Morgan fingerprint density at radius 2 is 1.18 bits per heavy atom. The Morgan fingerprint density at radius 1 is 0.818 bits per heavy atom. The molecule has 2 aromatic rings. The molecule has 0 amide bonds. The van der Waals surface area contributed by atoms with Gasteiger partial charge in [-0.25, -0.2) is 0 Å². The molecular formula is C15H21Cl3N3Ta. The summed E-state index contributed by atoms with van der Waals surface area (Å²) >= 11 is -3.49. The number of hydrogen-bond acceptors (Lipinski definition) is 3. The molecule has 2 rings (SSSR count). The van der Waals surface area contributed by atoms with Gasteiger partial charge in [-0.3, -0.25) is 9.97 Å². The van der Waals surface area contributed by atoms with Gasteiger partial charge in [0.05, 0.1) is 0 Å². The number of aromatic nitrogens is 2. The molecule has 2 aromatic heterocycles. The van der Waals surface area contributed by atoms with Gasteiger partial charge < -0.3 is 0 Å². The molecule has 0 saturated carbocycles. The number of nitrogens with zero attached hydrogens (tertiary/aromatic N) is 3. The predicted octanol–water partition coefficient (Wildman–Crippen LogP) is 6.14. The van der Waals surface area contributed by atoms with Crippen LogP contribution in [0.1, 0.15) is 27.2 Å². The summed E-state index contributed by atoms with van der Waals surface area (Å²) in [6.07, 6.45) is 7.92. The molecule has 7 heteroatoms. The van der Waals surface area contributed by atoms with E-state index in [0.717, 1.165) is 6.42 Å². The van der Waals surface area contributed by atoms with E-state index in [9.17, 15) is 0 Å². The summed E-state index contributed by atoms with van der Waals surface area (Å²) in [5, 5.41) is 0. The van der Waals surface area contributed by atoms with Gasteiger partial charge in [0.25, 0.3) is 0 Å². The van der Waals surface area contributed by atoms with Crippen LogP contribution in [-0.4, -0.2) is 15.5 Å². The van der Waals surface area contributed by atoms with Gasteiger partial charge in [-0.1, -0.05) is 12.1 Å². The maximum atomic E-state index is 5.68. The molecule has 0 spiro atoms. The molecule has 0 saturated heterocycles. The summed E-state index contributed by atoms with van der Waals surface area (Å²) in [5.41, 5.74) is -0.149. The largest absolute Gasteiger partial charge is 0.265 e. The van der Waals surface area contributed by atoms with Gasteiger partial charge in [-0.2, -0.15) is 0 Å². The summed E-state index contributed by atoms with van der Waals surface area (Å²) in [4.78, 5) is 7.57. The summed E-state index contributed by atoms with van der Waals surface area (Å²) in [5.74, 6) is 0. The third-order valence-electron chi connectivity index (χ3n) is 2.38. The van der Waals surface area contributed by atoms with E-state index in [1.165, 1.54) is 0 Å². The Bertz CT molecular complexity index is 437. The quantitative estimate of drug-likeness (QED) is 0.468. The number of pyridine rings is 2. The Hall–Kier alpha value is -0.290. The van der Waals surface area contributed by atoms with Crippen molar-refractivity contribution in [3.8, 4) is 0 Å². The molecule has 22 heavy (non-hydrogen) atoms. The first-order valence-electron chi connectivity index (χ1n) is 6.69. The van der Waals surface area contributed by atoms with Gasteiger partial charge in [0.15, 0.2) is 0 Å². The van der Waals surface area contributed by atoms with Crippen molar-refractivity contribution in [3.63, 3.8) is 0 Å². The van der Waals surface area contributed by atoms with Gasteiger partial charge in [0.1, 0.15) is 0 Å². The molecule has 0 radical (unpaired) electrons. The minimum atomic E-state index is -3.49. The molecule has 2 heterocycles. The van der Waals surface area contributed by atoms with E-state index >= 15 is 0 Å². The molecule has 0 aromatic carbocycles. The first kappa shape index (κ1) is 21.7. The predicted molar refractivity (Wildman–Crippen MR) is 92.8 cm³/mol. The number of halogens is 3. The van der Waals surface area contributed by atoms with Crippen molar-refractivity contribution in [2.45, 2.75) is 32.7 Å². The van der Waals surface area contributed by atoms with Crippen molar-refractivity contribution in [3.05, 3.63) is 61.2 Å². The summed E-state index contributed by atoms with van der Waals surface area (Å²) in [7, 11) is 17.0. The topological polar surface area (TPSA) is 38.1 Å². The molecule has 0 aliphatic heterocycles. The second-order valence-electron chi connectivity index (χ2n) is 4.73. The van der Waals surface area contributed by atoms with Gasteiger partial charge in [-0.05, 0) is 24.3 Å². The average Bonchev–Trinajstić information content (AvgIpc) is 2.50. The molecule has 0 aliphatic rings. The molecular weight excluding hydrogens is 509 g/mol. The van der Waals surface area contributed by atoms with E-state index in [1.807, 2.05) is 57.2 Å².